The molecule has 2 aromatic carbocycles. The van der Waals surface area contributed by atoms with Crippen molar-refractivity contribution in [1.29, 1.82) is 0 Å². The van der Waals surface area contributed by atoms with Crippen molar-refractivity contribution in [3.63, 3.8) is 0 Å². The highest BCUT2D eigenvalue weighted by atomic mass is 19.4. The number of fused-ring (bicyclic) bond motifs is 1. The number of hydrogen-bond acceptors (Lipinski definition) is 5. The van der Waals surface area contributed by atoms with Gasteiger partial charge < -0.3 is 20.3 Å². The van der Waals surface area contributed by atoms with Crippen LogP contribution in [0, 0.1) is 0 Å². The molecule has 3 aromatic rings. The van der Waals surface area contributed by atoms with E-state index in [9.17, 15) is 27.9 Å². The van der Waals surface area contributed by atoms with Crippen molar-refractivity contribution in [2.45, 2.75) is 12.8 Å². The molecule has 7 nitrogen and oxygen atoms in total. The van der Waals surface area contributed by atoms with Crippen molar-refractivity contribution in [2.24, 2.45) is 0 Å². The number of aromatic nitrogens is 1. The molecule has 1 aromatic heterocycles. The molecule has 3 rings (SSSR count). The fourth-order valence-corrected chi connectivity index (χ4v) is 2.77. The number of rotatable bonds is 6. The van der Waals surface area contributed by atoms with Crippen LogP contribution in [0.4, 0.5) is 13.2 Å². The second-order valence-corrected chi connectivity index (χ2v) is 6.19. The van der Waals surface area contributed by atoms with Gasteiger partial charge in [0.1, 0.15) is 23.7 Å². The number of aliphatic carboxylic acids is 1. The molecular formula is C20H15F3N2O5. The van der Waals surface area contributed by atoms with Gasteiger partial charge in [-0.3, -0.25) is 14.6 Å². The smallest absolute Gasteiger partial charge is 0.416 e. The van der Waals surface area contributed by atoms with E-state index in [-0.39, 0.29) is 17.0 Å². The molecule has 1 heterocycles. The van der Waals surface area contributed by atoms with Crippen LogP contribution in [-0.4, -0.2) is 33.6 Å². The summed E-state index contributed by atoms with van der Waals surface area (Å²) in [6, 6.07) is 8.85. The van der Waals surface area contributed by atoms with Crippen LogP contribution in [0.15, 0.2) is 48.7 Å². The van der Waals surface area contributed by atoms with Gasteiger partial charge in [-0.25, -0.2) is 0 Å². The average molecular weight is 420 g/mol. The van der Waals surface area contributed by atoms with Gasteiger partial charge in [-0.2, -0.15) is 13.2 Å². The van der Waals surface area contributed by atoms with E-state index >= 15 is 0 Å². The lowest BCUT2D eigenvalue weighted by atomic mass is 10.0. The number of pyridine rings is 1. The minimum atomic E-state index is -4.44. The number of alkyl halides is 3. The number of carboxylic acid groups (broad SMARTS) is 1. The molecule has 0 saturated carbocycles. The third-order valence-electron chi connectivity index (χ3n) is 4.16. The fourth-order valence-electron chi connectivity index (χ4n) is 2.77. The Balaban J connectivity index is 1.87. The quantitative estimate of drug-likeness (QED) is 0.564. The molecule has 0 saturated heterocycles. The first-order valence-electron chi connectivity index (χ1n) is 8.56. The van der Waals surface area contributed by atoms with Gasteiger partial charge in [-0.05, 0) is 41.8 Å². The first-order chi connectivity index (χ1) is 14.2. The Labute approximate surface area is 167 Å². The van der Waals surface area contributed by atoms with Gasteiger partial charge in [-0.1, -0.05) is 6.07 Å². The highest BCUT2D eigenvalue weighted by Crippen LogP contribution is 2.32. The predicted octanol–water partition coefficient (Wildman–Crippen LogP) is 3.35. The average Bonchev–Trinajstić information content (AvgIpc) is 2.70. The number of aliphatic hydroxyl groups excluding tert-OH is 1. The van der Waals surface area contributed by atoms with Crippen LogP contribution in [0.3, 0.4) is 0 Å². The largest absolute Gasteiger partial charge is 0.480 e. The number of ether oxygens (including phenoxy) is 1. The number of carboxylic acids is 1. The van der Waals surface area contributed by atoms with Gasteiger partial charge >= 0.3 is 12.1 Å². The van der Waals surface area contributed by atoms with Gasteiger partial charge in [0, 0.05) is 17.1 Å². The van der Waals surface area contributed by atoms with Crippen molar-refractivity contribution in [1.82, 2.24) is 10.3 Å². The normalized spacial score (nSPS) is 11.3. The third-order valence-corrected chi connectivity index (χ3v) is 4.16. The number of carbonyl (C=O) groups is 2. The van der Waals surface area contributed by atoms with E-state index in [0.29, 0.717) is 16.5 Å². The molecule has 0 bridgehead atoms. The Kier molecular flexibility index (Phi) is 5.88. The summed E-state index contributed by atoms with van der Waals surface area (Å²) in [6.45, 7) is -1.11. The van der Waals surface area contributed by atoms with E-state index in [0.717, 1.165) is 12.1 Å². The lowest BCUT2D eigenvalue weighted by Gasteiger charge is -2.12. The van der Waals surface area contributed by atoms with Crippen LogP contribution in [-0.2, 0) is 17.6 Å². The maximum Gasteiger partial charge on any atom is 0.416 e. The van der Waals surface area contributed by atoms with E-state index in [4.69, 9.17) is 9.84 Å². The van der Waals surface area contributed by atoms with Crippen LogP contribution >= 0.6 is 0 Å². The second kappa shape index (κ2) is 8.37. The number of nitrogens with zero attached hydrogens (tertiary/aromatic N) is 1. The zero-order valence-electron chi connectivity index (χ0n) is 15.2. The van der Waals surface area contributed by atoms with Crippen molar-refractivity contribution in [3.05, 3.63) is 65.5 Å². The van der Waals surface area contributed by atoms with Gasteiger partial charge in [0.05, 0.1) is 12.2 Å². The first kappa shape index (κ1) is 21.1. The van der Waals surface area contributed by atoms with Crippen LogP contribution in [0.25, 0.3) is 10.8 Å². The van der Waals surface area contributed by atoms with Crippen molar-refractivity contribution in [3.8, 4) is 11.5 Å². The standard InChI is InChI=1S/C20H15F3N2O5/c21-20(22,23)12-1-3-13(4-2-12)30-14-5-6-15-11(7-14)8-24-18(16(15)10-26)19(29)25-9-17(27)28/h1-8,26H,9-10H2,(H,25,29)(H,27,28). The summed E-state index contributed by atoms with van der Waals surface area (Å²) in [6.07, 6.45) is -3.09. The summed E-state index contributed by atoms with van der Waals surface area (Å²) in [5.74, 6) is -1.45. The van der Waals surface area contributed by atoms with E-state index in [1.165, 1.54) is 24.4 Å². The van der Waals surface area contributed by atoms with Crippen LogP contribution in [0.2, 0.25) is 0 Å². The summed E-state index contributed by atoms with van der Waals surface area (Å²) in [4.78, 5) is 26.7. The number of carbonyl (C=O) groups excluding carboxylic acids is 1. The lowest BCUT2D eigenvalue weighted by Crippen LogP contribution is -2.30. The summed E-state index contributed by atoms with van der Waals surface area (Å²) in [7, 11) is 0. The first-order valence-corrected chi connectivity index (χ1v) is 8.56. The van der Waals surface area contributed by atoms with Crippen molar-refractivity contribution >= 4 is 22.6 Å². The zero-order chi connectivity index (χ0) is 21.9. The Morgan fingerprint density at radius 1 is 1.07 bits per heavy atom. The molecule has 156 valence electrons. The minimum Gasteiger partial charge on any atom is -0.480 e. The second-order valence-electron chi connectivity index (χ2n) is 6.19. The monoisotopic (exact) mass is 420 g/mol. The maximum atomic E-state index is 12.6. The van der Waals surface area contributed by atoms with Crippen molar-refractivity contribution < 1.29 is 37.7 Å². The number of halogens is 3. The van der Waals surface area contributed by atoms with Gasteiger partial charge in [0.2, 0.25) is 0 Å². The topological polar surface area (TPSA) is 109 Å². The molecule has 3 N–H and O–H groups in total. The fraction of sp³-hybridized carbons (Fsp3) is 0.150. The summed E-state index contributed by atoms with van der Waals surface area (Å²) in [5.41, 5.74) is -0.696. The van der Waals surface area contributed by atoms with E-state index in [2.05, 4.69) is 10.3 Å². The minimum absolute atomic E-state index is 0.109. The maximum absolute atomic E-state index is 12.6. The van der Waals surface area contributed by atoms with Gasteiger partial charge in [0.15, 0.2) is 0 Å². The molecule has 0 atom stereocenters. The molecule has 10 heteroatoms. The highest BCUT2D eigenvalue weighted by molar-refractivity contribution is 6.00. The van der Waals surface area contributed by atoms with Gasteiger partial charge in [0.25, 0.3) is 5.91 Å². The molecule has 0 aliphatic carbocycles. The van der Waals surface area contributed by atoms with Crippen LogP contribution in [0.5, 0.6) is 11.5 Å². The Bertz CT molecular complexity index is 1100. The molecular weight excluding hydrogens is 405 g/mol. The number of nitrogens with one attached hydrogen (secondary N) is 1. The molecule has 30 heavy (non-hydrogen) atoms. The Morgan fingerprint density at radius 3 is 2.33 bits per heavy atom. The molecule has 0 unspecified atom stereocenters. The molecule has 0 spiro atoms. The molecule has 0 fully saturated rings. The summed E-state index contributed by atoms with van der Waals surface area (Å²) < 4.78 is 43.5. The van der Waals surface area contributed by atoms with Gasteiger partial charge in [-0.15, -0.1) is 0 Å². The number of benzene rings is 2. The Hall–Kier alpha value is -3.66. The predicted molar refractivity (Wildman–Crippen MR) is 99.2 cm³/mol. The highest BCUT2D eigenvalue weighted by Gasteiger charge is 2.30. The number of hydrogen-bond donors (Lipinski definition) is 3. The molecule has 0 aliphatic rings. The summed E-state index contributed by atoms with van der Waals surface area (Å²) >= 11 is 0. The lowest BCUT2D eigenvalue weighted by molar-refractivity contribution is -0.138. The van der Waals surface area contributed by atoms with Crippen molar-refractivity contribution in [2.75, 3.05) is 6.54 Å². The van der Waals surface area contributed by atoms with Crippen LogP contribution in [0.1, 0.15) is 21.6 Å². The molecule has 0 radical (unpaired) electrons. The molecule has 1 amide bonds. The molecule has 0 aliphatic heterocycles. The van der Waals surface area contributed by atoms with E-state index in [1.807, 2.05) is 0 Å². The van der Waals surface area contributed by atoms with E-state index < -0.39 is 36.8 Å². The van der Waals surface area contributed by atoms with Crippen LogP contribution < -0.4 is 10.1 Å². The summed E-state index contributed by atoms with van der Waals surface area (Å²) in [5, 5.41) is 21.5. The third kappa shape index (κ3) is 4.66. The zero-order valence-corrected chi connectivity index (χ0v) is 15.2. The SMILES string of the molecule is O=C(O)CNC(=O)c1ncc2cc(Oc3ccc(C(F)(F)F)cc3)ccc2c1CO. The number of aliphatic hydroxyl groups is 1. The Morgan fingerprint density at radius 2 is 1.73 bits per heavy atom. The number of amides is 1. The van der Waals surface area contributed by atoms with E-state index in [1.54, 1.807) is 12.1 Å².